The van der Waals surface area contributed by atoms with Crippen LogP contribution in [0.5, 0.6) is 0 Å². The van der Waals surface area contributed by atoms with Gasteiger partial charge >= 0.3 is 0 Å². The molecule has 2 aliphatic rings. The van der Waals surface area contributed by atoms with Gasteiger partial charge < -0.3 is 5.32 Å². The molecule has 1 aliphatic heterocycles. The number of nitrogens with zero attached hydrogens (tertiary/aromatic N) is 2. The van der Waals surface area contributed by atoms with Gasteiger partial charge in [-0.15, -0.1) is 0 Å². The van der Waals surface area contributed by atoms with Crippen LogP contribution in [0.4, 0.5) is 5.69 Å². The lowest BCUT2D eigenvalue weighted by molar-refractivity contribution is -0.118. The predicted molar refractivity (Wildman–Crippen MR) is 91.3 cm³/mol. The molecule has 5 heteroatoms. The molecule has 1 heterocycles. The van der Waals surface area contributed by atoms with Gasteiger partial charge in [0.1, 0.15) is 6.07 Å². The van der Waals surface area contributed by atoms with Crippen LogP contribution in [-0.2, 0) is 4.79 Å². The summed E-state index contributed by atoms with van der Waals surface area (Å²) >= 11 is 6.01. The van der Waals surface area contributed by atoms with E-state index in [1.807, 2.05) is 6.07 Å². The number of anilines is 1. The van der Waals surface area contributed by atoms with E-state index in [1.165, 1.54) is 38.5 Å². The van der Waals surface area contributed by atoms with Gasteiger partial charge in [0.25, 0.3) is 0 Å². The Labute approximate surface area is 142 Å². The number of piperidine rings is 1. The Bertz CT molecular complexity index is 623. The van der Waals surface area contributed by atoms with Crippen molar-refractivity contribution in [3.63, 3.8) is 0 Å². The molecule has 1 N–H and O–H groups in total. The summed E-state index contributed by atoms with van der Waals surface area (Å²) < 4.78 is 0. The Morgan fingerprint density at radius 1 is 1.30 bits per heavy atom. The van der Waals surface area contributed by atoms with Gasteiger partial charge in [0.2, 0.25) is 5.91 Å². The number of likely N-dealkylation sites (tertiary alicyclic amines) is 1. The minimum atomic E-state index is -0.00278. The number of nitriles is 1. The number of nitrogens with one attached hydrogen (secondary N) is 1. The largest absolute Gasteiger partial charge is 0.325 e. The average Bonchev–Trinajstić information content (AvgIpc) is 2.55. The Morgan fingerprint density at radius 3 is 2.87 bits per heavy atom. The monoisotopic (exact) mass is 331 g/mol. The van der Waals surface area contributed by atoms with E-state index in [0.717, 1.165) is 12.5 Å². The van der Waals surface area contributed by atoms with Crippen LogP contribution >= 0.6 is 11.6 Å². The molecule has 0 bridgehead atoms. The van der Waals surface area contributed by atoms with Crippen LogP contribution in [0, 0.1) is 17.2 Å². The fourth-order valence-corrected chi connectivity index (χ4v) is 4.22. The zero-order valence-corrected chi connectivity index (χ0v) is 14.0. The molecule has 0 aromatic heterocycles. The summed E-state index contributed by atoms with van der Waals surface area (Å²) in [5, 5.41) is 12.2. The van der Waals surface area contributed by atoms with E-state index in [-0.39, 0.29) is 5.91 Å². The Morgan fingerprint density at radius 2 is 2.09 bits per heavy atom. The highest BCUT2D eigenvalue weighted by molar-refractivity contribution is 6.32. The molecular formula is C18H22ClN3O. The van der Waals surface area contributed by atoms with E-state index in [1.54, 1.807) is 18.2 Å². The van der Waals surface area contributed by atoms with Crippen molar-refractivity contribution in [1.29, 1.82) is 5.26 Å². The maximum absolute atomic E-state index is 12.4. The maximum Gasteiger partial charge on any atom is 0.238 e. The Hall–Kier alpha value is -1.57. The SMILES string of the molecule is N#Cc1ccc(NC(=O)CN2CCC[C@@H]3CCCC[C@@H]32)cc1Cl. The van der Waals surface area contributed by atoms with Gasteiger partial charge in [0, 0.05) is 11.7 Å². The fraction of sp³-hybridized carbons (Fsp3) is 0.556. The number of amides is 1. The summed E-state index contributed by atoms with van der Waals surface area (Å²) in [5.74, 6) is 0.770. The zero-order chi connectivity index (χ0) is 16.2. The normalized spacial score (nSPS) is 24.5. The number of hydrogen-bond acceptors (Lipinski definition) is 3. The maximum atomic E-state index is 12.4. The molecule has 2 fully saturated rings. The molecule has 122 valence electrons. The standard InChI is InChI=1S/C18H22ClN3O/c19-16-10-15(8-7-14(16)11-20)21-18(23)12-22-9-3-5-13-4-1-2-6-17(13)22/h7-8,10,13,17H,1-6,9,12H2,(H,21,23)/t13-,17-/m0/s1. The molecule has 0 unspecified atom stereocenters. The first kappa shape index (κ1) is 16.3. The number of fused-ring (bicyclic) bond motifs is 1. The lowest BCUT2D eigenvalue weighted by atomic mass is 9.78. The van der Waals surface area contributed by atoms with Crippen LogP contribution in [0.25, 0.3) is 0 Å². The van der Waals surface area contributed by atoms with Crippen molar-refractivity contribution < 1.29 is 4.79 Å². The Kier molecular flexibility index (Phi) is 5.20. The molecule has 0 radical (unpaired) electrons. The second-order valence-corrected chi connectivity index (χ2v) is 6.99. The highest BCUT2D eigenvalue weighted by atomic mass is 35.5. The van der Waals surface area contributed by atoms with Crippen molar-refractivity contribution >= 4 is 23.2 Å². The van der Waals surface area contributed by atoms with Crippen LogP contribution in [0.3, 0.4) is 0 Å². The van der Waals surface area contributed by atoms with Crippen molar-refractivity contribution in [2.45, 2.75) is 44.6 Å². The molecule has 3 rings (SSSR count). The highest BCUT2D eigenvalue weighted by Crippen LogP contribution is 2.35. The molecule has 23 heavy (non-hydrogen) atoms. The second kappa shape index (κ2) is 7.33. The first-order valence-corrected chi connectivity index (χ1v) is 8.78. The van der Waals surface area contributed by atoms with Gasteiger partial charge in [-0.3, -0.25) is 9.69 Å². The summed E-state index contributed by atoms with van der Waals surface area (Å²) in [6.07, 6.45) is 7.66. The van der Waals surface area contributed by atoms with Gasteiger partial charge in [-0.2, -0.15) is 5.26 Å². The number of rotatable bonds is 3. The topological polar surface area (TPSA) is 56.1 Å². The highest BCUT2D eigenvalue weighted by Gasteiger charge is 2.33. The van der Waals surface area contributed by atoms with Gasteiger partial charge in [0.15, 0.2) is 0 Å². The second-order valence-electron chi connectivity index (χ2n) is 6.58. The molecule has 1 saturated carbocycles. The van der Waals surface area contributed by atoms with E-state index in [4.69, 9.17) is 16.9 Å². The lowest BCUT2D eigenvalue weighted by Crippen LogP contribution is -2.49. The van der Waals surface area contributed by atoms with Crippen molar-refractivity contribution in [3.05, 3.63) is 28.8 Å². The third-order valence-electron chi connectivity index (χ3n) is 5.08. The van der Waals surface area contributed by atoms with Crippen LogP contribution in [0.1, 0.15) is 44.1 Å². The van der Waals surface area contributed by atoms with Gasteiger partial charge in [-0.25, -0.2) is 0 Å². The first-order valence-electron chi connectivity index (χ1n) is 8.41. The molecule has 1 saturated heterocycles. The van der Waals surface area contributed by atoms with Crippen molar-refractivity contribution in [3.8, 4) is 6.07 Å². The van der Waals surface area contributed by atoms with Crippen molar-refractivity contribution in [1.82, 2.24) is 4.90 Å². The van der Waals surface area contributed by atoms with E-state index in [9.17, 15) is 4.79 Å². The lowest BCUT2D eigenvalue weighted by Gasteiger charge is -2.43. The fourth-order valence-electron chi connectivity index (χ4n) is 3.99. The third-order valence-corrected chi connectivity index (χ3v) is 5.39. The molecule has 1 aliphatic carbocycles. The average molecular weight is 332 g/mol. The molecule has 4 nitrogen and oxygen atoms in total. The quantitative estimate of drug-likeness (QED) is 0.916. The van der Waals surface area contributed by atoms with Crippen LogP contribution in [0.2, 0.25) is 5.02 Å². The smallest absolute Gasteiger partial charge is 0.238 e. The predicted octanol–water partition coefficient (Wildman–Crippen LogP) is 3.80. The summed E-state index contributed by atoms with van der Waals surface area (Å²) in [5.41, 5.74) is 1.07. The van der Waals surface area contributed by atoms with E-state index >= 15 is 0 Å². The van der Waals surface area contributed by atoms with Crippen molar-refractivity contribution in [2.24, 2.45) is 5.92 Å². The molecular weight excluding hydrogens is 310 g/mol. The minimum Gasteiger partial charge on any atom is -0.325 e. The zero-order valence-electron chi connectivity index (χ0n) is 13.2. The van der Waals surface area contributed by atoms with Crippen LogP contribution < -0.4 is 5.32 Å². The molecule has 1 amide bonds. The van der Waals surface area contributed by atoms with Gasteiger partial charge in [-0.05, 0) is 56.3 Å². The molecule has 2 atom stereocenters. The summed E-state index contributed by atoms with van der Waals surface area (Å²) in [7, 11) is 0. The molecule has 1 aromatic rings. The summed E-state index contributed by atoms with van der Waals surface area (Å²) in [6, 6.07) is 7.59. The summed E-state index contributed by atoms with van der Waals surface area (Å²) in [4.78, 5) is 14.7. The number of carbonyl (C=O) groups is 1. The first-order chi connectivity index (χ1) is 11.2. The minimum absolute atomic E-state index is 0.00278. The van der Waals surface area contributed by atoms with E-state index < -0.39 is 0 Å². The van der Waals surface area contributed by atoms with Gasteiger partial charge in [-0.1, -0.05) is 24.4 Å². The van der Waals surface area contributed by atoms with Crippen molar-refractivity contribution in [2.75, 3.05) is 18.4 Å². The van der Waals surface area contributed by atoms with Gasteiger partial charge in [0.05, 0.1) is 17.1 Å². The van der Waals surface area contributed by atoms with Crippen LogP contribution in [0.15, 0.2) is 18.2 Å². The third kappa shape index (κ3) is 3.85. The molecule has 0 spiro atoms. The number of halogens is 1. The van der Waals surface area contributed by atoms with E-state index in [2.05, 4.69) is 10.2 Å². The Balaban J connectivity index is 1.60. The number of carbonyl (C=O) groups excluding carboxylic acids is 1. The summed E-state index contributed by atoms with van der Waals surface area (Å²) in [6.45, 7) is 1.46. The van der Waals surface area contributed by atoms with Crippen LogP contribution in [-0.4, -0.2) is 29.9 Å². The number of hydrogen-bond donors (Lipinski definition) is 1. The molecule has 1 aromatic carbocycles. The van der Waals surface area contributed by atoms with E-state index in [0.29, 0.717) is 28.9 Å². The number of benzene rings is 1.